The van der Waals surface area contributed by atoms with Crippen LogP contribution in [-0.4, -0.2) is 205 Å². The minimum atomic E-state index is -4.27. The van der Waals surface area contributed by atoms with Crippen LogP contribution in [0.15, 0.2) is 215 Å². The molecule has 3 amide bonds. The fraction of sp³-hybridized carbons (Fsp3) is 0.433. The van der Waals surface area contributed by atoms with Crippen molar-refractivity contribution in [3.63, 3.8) is 0 Å². The van der Waals surface area contributed by atoms with Crippen LogP contribution in [0.1, 0.15) is 199 Å². The number of para-hydroxylation sites is 2. The highest BCUT2D eigenvalue weighted by Gasteiger charge is 2.47. The zero-order chi connectivity index (χ0) is 104. The van der Waals surface area contributed by atoms with Gasteiger partial charge >= 0.3 is 0 Å². The summed E-state index contributed by atoms with van der Waals surface area (Å²) < 4.78 is 130. The van der Waals surface area contributed by atoms with Gasteiger partial charge in [0.25, 0.3) is 47.8 Å². The molecule has 1 saturated carbocycles. The second-order valence-electron chi connectivity index (χ2n) is 41.8. The maximum atomic E-state index is 13.6. The van der Waals surface area contributed by atoms with E-state index in [-0.39, 0.29) is 104 Å². The monoisotopic (exact) mass is 2040 g/mol. The Balaban J connectivity index is 0.000000162. The Labute approximate surface area is 845 Å². The molecule has 18 rings (SSSR count). The number of nitrogens with one attached hydrogen (secondary N) is 3. The van der Waals surface area contributed by atoms with Gasteiger partial charge in [0, 0.05) is 113 Å². The third-order valence-electron chi connectivity index (χ3n) is 26.9. The first-order chi connectivity index (χ1) is 68.0. The zero-order valence-electron chi connectivity index (χ0n) is 83.8. The summed E-state index contributed by atoms with van der Waals surface area (Å²) in [6, 6.07) is 46.4. The molecule has 40 heteroatoms. The van der Waals surface area contributed by atoms with Crippen molar-refractivity contribution in [1.29, 1.82) is 0 Å². The third kappa shape index (κ3) is 24.3. The molecule has 6 atom stereocenters. The Morgan fingerprint density at radius 1 is 0.493 bits per heavy atom. The van der Waals surface area contributed by atoms with Gasteiger partial charge in [-0.15, -0.1) is 0 Å². The van der Waals surface area contributed by atoms with Crippen LogP contribution in [0.25, 0.3) is 22.5 Å². The lowest BCUT2D eigenvalue weighted by Crippen LogP contribution is -2.41. The van der Waals surface area contributed by atoms with E-state index in [0.717, 1.165) is 88.8 Å². The molecule has 0 spiro atoms. The summed E-state index contributed by atoms with van der Waals surface area (Å²) >= 11 is 0. The van der Waals surface area contributed by atoms with Gasteiger partial charge < -0.3 is 55.3 Å². The Bertz CT molecular complexity index is 7100. The van der Waals surface area contributed by atoms with Gasteiger partial charge in [0.1, 0.15) is 65.4 Å². The predicted octanol–water partition coefficient (Wildman–Crippen LogP) is 14.4. The molecule has 11 aromatic rings. The van der Waals surface area contributed by atoms with Crippen molar-refractivity contribution in [3.8, 4) is 39.9 Å². The number of nitrogens with two attached hydrogens (primary N) is 2. The van der Waals surface area contributed by atoms with Gasteiger partial charge in [0.15, 0.2) is 43.5 Å². The Morgan fingerprint density at radius 2 is 0.979 bits per heavy atom. The summed E-state index contributed by atoms with van der Waals surface area (Å²) in [5, 5.41) is 13.4. The number of rotatable bonds is 27. The van der Waals surface area contributed by atoms with Crippen LogP contribution in [0.3, 0.4) is 0 Å². The van der Waals surface area contributed by atoms with Crippen LogP contribution >= 0.6 is 0 Å². The molecule has 0 radical (unpaired) electrons. The number of aliphatic hydroxyl groups is 1. The first-order valence-corrected chi connectivity index (χ1v) is 54.5. The number of ether oxygens (including phenoxy) is 3. The maximum absolute atomic E-state index is 13.6. The van der Waals surface area contributed by atoms with E-state index in [1.807, 2.05) is 65.5 Å². The Kier molecular flexibility index (Phi) is 30.7. The molecule has 2 aromatic carbocycles. The van der Waals surface area contributed by atoms with Gasteiger partial charge in [0.05, 0.1) is 34.6 Å². The second-order valence-corrected chi connectivity index (χ2v) is 48.6. The molecule has 0 bridgehead atoms. The fourth-order valence-electron chi connectivity index (χ4n) is 20.1. The normalized spacial score (nSPS) is 20.0. The topological polar surface area (TPSA) is 478 Å². The number of fused-ring (bicyclic) bond motifs is 1. The van der Waals surface area contributed by atoms with Crippen LogP contribution in [0.5, 0.6) is 17.4 Å². The number of benzene rings is 2. The molecule has 144 heavy (non-hydrogen) atoms. The lowest BCUT2D eigenvalue weighted by Gasteiger charge is -2.34. The standard InChI is InChI=1S/C28H33N5O4S.C28H31N3O6S.C25H33N7O3S.C23H31N5O3S.2H2/c1-18-14-27(2,3)33(16-18)25-22(26(35)32-38(36,37)24-6-4-5-23(29)31-24)13-20(15-30-25)19-7-9-21(10-8-19)28(17-34)11-12-28;1-19-14-28(2,3)31(15-19)27-21(8-7-13-29-27)22(32)18-38(33,34)26-12-6-11-25(30-26)36-17-20-16-35-23-9-4-5-10-24(23)37-20;1-16(2)14-31-12-11-20(29-31)19-10-9-18(23(27-19)32-15-17(3)13-25(32,4)5)24(33)30-36(34,35)22-8-6-7-21(26)28-22;1-16-10-12-27(14-16)19-8-5-9-20(25-19)32(30,31)26-22(29)18-7-6-11-24-21(18)28-15-17(2)13-23(28,3)4;;/h4-10,13,15,18,34H,11-12,14,16-17H2,1-3H3,(H2,29,31)(H,32,35);4-13,19-20H,14-18H2,1-3H3;6-12,16-17H,13-15H2,1-5H3,(H2,26,28)(H,30,33);5-9,11,16-17H,10,12-15H2,1-4H3,(H,26,29);2*1H/t;;17-;;;/m..0.../s1. The van der Waals surface area contributed by atoms with Crippen LogP contribution in [-0.2, 0) is 51.9 Å². The number of aromatic nitrogens is 10. The molecule has 9 aromatic heterocycles. The molecule has 36 nitrogen and oxygen atoms in total. The number of hydrogen-bond donors (Lipinski definition) is 6. The molecular formula is C104H132N20O16S4. The number of nitrogens with zero attached hydrogens (tertiary/aromatic N) is 15. The minimum Gasteiger partial charge on any atom is -0.486 e. The lowest BCUT2D eigenvalue weighted by atomic mass is 9.94. The van der Waals surface area contributed by atoms with Gasteiger partial charge in [-0.1, -0.05) is 109 Å². The second kappa shape index (κ2) is 42.2. The molecule has 6 aliphatic heterocycles. The number of hydrogen-bond acceptors (Lipinski definition) is 32. The van der Waals surface area contributed by atoms with Crippen LogP contribution in [0, 0.1) is 35.5 Å². The van der Waals surface area contributed by atoms with Crippen LogP contribution < -0.4 is 64.3 Å². The summed E-state index contributed by atoms with van der Waals surface area (Å²) in [5.41, 5.74) is 15.0. The summed E-state index contributed by atoms with van der Waals surface area (Å²) in [5.74, 6) is 3.09. The number of amides is 3. The highest BCUT2D eigenvalue weighted by molar-refractivity contribution is 7.92. The zero-order valence-corrected chi connectivity index (χ0v) is 87.1. The van der Waals surface area contributed by atoms with Gasteiger partial charge in [-0.3, -0.25) is 23.9 Å². The van der Waals surface area contributed by atoms with Crippen molar-refractivity contribution in [2.24, 2.45) is 35.5 Å². The van der Waals surface area contributed by atoms with Gasteiger partial charge in [0.2, 0.25) is 15.7 Å². The maximum Gasteiger partial charge on any atom is 0.281 e. The highest BCUT2D eigenvalue weighted by atomic mass is 32.2. The van der Waals surface area contributed by atoms with Gasteiger partial charge in [-0.05, 0) is 250 Å². The van der Waals surface area contributed by atoms with Crippen LogP contribution in [0.2, 0.25) is 0 Å². The van der Waals surface area contributed by atoms with E-state index in [1.165, 1.54) is 54.6 Å². The van der Waals surface area contributed by atoms with Gasteiger partial charge in [-0.25, -0.2) is 62.5 Å². The SMILES string of the molecule is CC(C)Cn1ccc(-c2ccc(C(=O)NS(=O)(=O)c3cccc(N)n3)c(N3C[C@@H](C)CC3(C)C)n2)n1.CC1CCN(c2cccc(S(=O)(=O)NC(=O)c3cccnc3N3CC(C)CC3(C)C)n2)C1.CC1CN(c2ncc(-c3ccc(C4(CO)CC4)cc3)cc2C(=O)NS(=O)(=O)c2cccc(N)n2)C(C)(C)C1.CC1CN(c2ncccc2C(=O)CS(=O)(=O)c2cccc(OCC3COc4ccccc4O3)n2)C(C)(C)C1.[HH].[HH]. The number of carbonyl (C=O) groups excluding carboxylic acids is 4. The van der Waals surface area contributed by atoms with Crippen molar-refractivity contribution in [3.05, 3.63) is 222 Å². The minimum absolute atomic E-state index is 0. The van der Waals surface area contributed by atoms with E-state index in [4.69, 9.17) is 35.6 Å². The van der Waals surface area contributed by atoms with E-state index < -0.39 is 69.2 Å². The Hall–Kier alpha value is -13.3. The molecule has 768 valence electrons. The number of carbonyl (C=O) groups is 4. The largest absolute Gasteiger partial charge is 0.486 e. The summed E-state index contributed by atoms with van der Waals surface area (Å²) in [7, 11) is -16.7. The molecule has 7 aliphatic rings. The quantitative estimate of drug-likeness (QED) is 0.0260. The molecule has 8 N–H and O–H groups in total. The lowest BCUT2D eigenvalue weighted by molar-refractivity contribution is 0.0520. The smallest absolute Gasteiger partial charge is 0.281 e. The number of sulfone groups is 1. The van der Waals surface area contributed by atoms with Crippen molar-refractivity contribution in [1.82, 2.24) is 63.8 Å². The van der Waals surface area contributed by atoms with Gasteiger partial charge in [-0.2, -0.15) is 30.4 Å². The van der Waals surface area contributed by atoms with Crippen molar-refractivity contribution in [2.75, 3.05) is 101 Å². The third-order valence-corrected chi connectivity index (χ3v) is 32.1. The first-order valence-electron chi connectivity index (χ1n) is 48.4. The van der Waals surface area contributed by atoms with Crippen molar-refractivity contribution >= 4 is 104 Å². The number of anilines is 7. The molecule has 5 unspecified atom stereocenters. The molecule has 6 fully saturated rings. The van der Waals surface area contributed by atoms with E-state index >= 15 is 0 Å². The first kappa shape index (κ1) is 105. The van der Waals surface area contributed by atoms with Crippen molar-refractivity contribution in [2.45, 2.75) is 209 Å². The summed E-state index contributed by atoms with van der Waals surface area (Å²) in [6.07, 6.45) is 13.2. The summed E-state index contributed by atoms with van der Waals surface area (Å²) in [4.78, 5) is 98.3. The van der Waals surface area contributed by atoms with E-state index in [0.29, 0.717) is 118 Å². The molecule has 15 heterocycles. The number of nitrogen functional groups attached to an aromatic ring is 2. The molecule has 1 aliphatic carbocycles. The Morgan fingerprint density at radius 3 is 1.49 bits per heavy atom. The average molecular weight is 2050 g/mol. The number of Topliss-reactive ketones (excluding diaryl/α,β-unsaturated/α-hetero) is 1. The molecular weight excluding hydrogens is 1910 g/mol. The van der Waals surface area contributed by atoms with Crippen LogP contribution in [0.4, 0.5) is 40.7 Å². The fourth-order valence-corrected chi connectivity index (χ4v) is 24.1. The van der Waals surface area contributed by atoms with E-state index in [1.54, 1.807) is 79.3 Å². The summed E-state index contributed by atoms with van der Waals surface area (Å²) in [6.45, 7) is 37.7. The number of aliphatic hydroxyl groups excluding tert-OH is 1. The molecule has 5 saturated heterocycles. The van der Waals surface area contributed by atoms with Crippen molar-refractivity contribution < 1.29 is 75.0 Å². The number of ketones is 1. The number of sulfonamides is 3. The van der Waals surface area contributed by atoms with E-state index in [9.17, 15) is 58.0 Å². The van der Waals surface area contributed by atoms with E-state index in [2.05, 4.69) is 178 Å². The number of pyridine rings is 8. The average Bonchev–Trinajstić information content (AvgIpc) is 1.58. The highest BCUT2D eigenvalue weighted by Crippen LogP contribution is 2.49. The predicted molar refractivity (Wildman–Crippen MR) is 555 cm³/mol.